The molecule has 0 amide bonds. The number of aryl methyl sites for hydroxylation is 1. The molecule has 0 aliphatic carbocycles. The smallest absolute Gasteiger partial charge is 0.227 e. The van der Waals surface area contributed by atoms with Crippen molar-refractivity contribution in [3.05, 3.63) is 44.7 Å². The van der Waals surface area contributed by atoms with E-state index in [0.29, 0.717) is 11.0 Å². The Bertz CT molecular complexity index is 499. The van der Waals surface area contributed by atoms with E-state index in [1.807, 2.05) is 25.1 Å². The van der Waals surface area contributed by atoms with Gasteiger partial charge < -0.3 is 5.32 Å². The van der Waals surface area contributed by atoms with Crippen LogP contribution in [-0.4, -0.2) is 9.97 Å². The van der Waals surface area contributed by atoms with Crippen LogP contribution in [-0.2, 0) is 0 Å². The van der Waals surface area contributed by atoms with Gasteiger partial charge in [-0.2, -0.15) is 0 Å². The Hall–Kier alpha value is -0.880. The molecule has 0 fully saturated rings. The van der Waals surface area contributed by atoms with E-state index in [1.165, 1.54) is 0 Å². The highest BCUT2D eigenvalue weighted by molar-refractivity contribution is 14.1. The molecule has 5 heteroatoms. The number of anilines is 2. The first-order valence-electron chi connectivity index (χ1n) is 4.66. The molecule has 0 unspecified atom stereocenters. The maximum absolute atomic E-state index is 6.09. The maximum atomic E-state index is 6.09. The van der Waals surface area contributed by atoms with Gasteiger partial charge in [-0.1, -0.05) is 17.7 Å². The van der Waals surface area contributed by atoms with Crippen LogP contribution in [0.3, 0.4) is 0 Å². The van der Waals surface area contributed by atoms with Gasteiger partial charge in [-0.25, -0.2) is 9.97 Å². The highest BCUT2D eigenvalue weighted by Gasteiger charge is 2.02. The predicted molar refractivity (Wildman–Crippen MR) is 74.2 cm³/mol. The van der Waals surface area contributed by atoms with E-state index in [9.17, 15) is 0 Å². The maximum Gasteiger partial charge on any atom is 0.227 e. The minimum atomic E-state index is 0.547. The van der Waals surface area contributed by atoms with Crippen LogP contribution in [0.4, 0.5) is 11.6 Å². The van der Waals surface area contributed by atoms with Gasteiger partial charge in [0.05, 0.1) is 10.7 Å². The van der Waals surface area contributed by atoms with Gasteiger partial charge in [0, 0.05) is 16.0 Å². The van der Waals surface area contributed by atoms with Gasteiger partial charge in [-0.3, -0.25) is 0 Å². The predicted octanol–water partition coefficient (Wildman–Crippen LogP) is 3.79. The van der Waals surface area contributed by atoms with Gasteiger partial charge in [0.25, 0.3) is 0 Å². The zero-order chi connectivity index (χ0) is 11.5. The van der Waals surface area contributed by atoms with Crippen LogP contribution in [0, 0.1) is 10.5 Å². The van der Waals surface area contributed by atoms with E-state index >= 15 is 0 Å². The first-order chi connectivity index (χ1) is 7.65. The zero-order valence-corrected chi connectivity index (χ0v) is 11.5. The van der Waals surface area contributed by atoms with Crippen LogP contribution in [0.15, 0.2) is 30.6 Å². The van der Waals surface area contributed by atoms with Crippen molar-refractivity contribution in [2.24, 2.45) is 0 Å². The van der Waals surface area contributed by atoms with Crippen molar-refractivity contribution in [3.8, 4) is 0 Å². The minimum absolute atomic E-state index is 0.547. The topological polar surface area (TPSA) is 37.8 Å². The first-order valence-corrected chi connectivity index (χ1v) is 6.11. The summed E-state index contributed by atoms with van der Waals surface area (Å²) in [7, 11) is 0. The molecule has 1 aromatic carbocycles. The normalized spacial score (nSPS) is 10.2. The average Bonchev–Trinajstić information content (AvgIpc) is 2.25. The molecule has 1 heterocycles. The van der Waals surface area contributed by atoms with Crippen molar-refractivity contribution in [2.75, 3.05) is 5.32 Å². The molecule has 2 rings (SSSR count). The average molecular weight is 346 g/mol. The summed E-state index contributed by atoms with van der Waals surface area (Å²) in [4.78, 5) is 8.30. The second-order valence-corrected chi connectivity index (χ2v) is 4.99. The standard InChI is InChI=1S/C11H9ClIN3/c1-7-2-3-10(9(12)4-7)16-11-14-5-8(13)6-15-11/h2-6H,1H3,(H,14,15,16). The third kappa shape index (κ3) is 2.82. The lowest BCUT2D eigenvalue weighted by Crippen LogP contribution is -1.97. The molecule has 16 heavy (non-hydrogen) atoms. The Morgan fingerprint density at radius 1 is 1.25 bits per heavy atom. The summed E-state index contributed by atoms with van der Waals surface area (Å²) in [5, 5.41) is 3.74. The molecule has 0 atom stereocenters. The van der Waals surface area contributed by atoms with E-state index < -0.39 is 0 Å². The number of rotatable bonds is 2. The number of nitrogens with one attached hydrogen (secondary N) is 1. The molecular formula is C11H9ClIN3. The van der Waals surface area contributed by atoms with Crippen LogP contribution < -0.4 is 5.32 Å². The fourth-order valence-electron chi connectivity index (χ4n) is 1.22. The van der Waals surface area contributed by atoms with Gasteiger partial charge in [-0.05, 0) is 47.2 Å². The molecule has 0 aliphatic rings. The van der Waals surface area contributed by atoms with Crippen LogP contribution >= 0.6 is 34.2 Å². The van der Waals surface area contributed by atoms with Crippen LogP contribution in [0.2, 0.25) is 5.02 Å². The molecule has 1 aromatic heterocycles. The summed E-state index contributed by atoms with van der Waals surface area (Å²) in [6.07, 6.45) is 3.50. The van der Waals surface area contributed by atoms with Crippen molar-refractivity contribution in [3.63, 3.8) is 0 Å². The van der Waals surface area contributed by atoms with Crippen molar-refractivity contribution >= 4 is 45.8 Å². The van der Waals surface area contributed by atoms with Gasteiger partial charge in [0.2, 0.25) is 5.95 Å². The summed E-state index contributed by atoms with van der Waals surface area (Å²) >= 11 is 8.25. The van der Waals surface area contributed by atoms with E-state index in [4.69, 9.17) is 11.6 Å². The SMILES string of the molecule is Cc1ccc(Nc2ncc(I)cn2)c(Cl)c1. The van der Waals surface area contributed by atoms with E-state index in [2.05, 4.69) is 37.9 Å². The highest BCUT2D eigenvalue weighted by Crippen LogP contribution is 2.24. The Kier molecular flexibility index (Phi) is 3.60. The van der Waals surface area contributed by atoms with Crippen molar-refractivity contribution in [1.29, 1.82) is 0 Å². The van der Waals surface area contributed by atoms with Gasteiger partial charge in [-0.15, -0.1) is 0 Å². The number of benzene rings is 1. The lowest BCUT2D eigenvalue weighted by Gasteiger charge is -2.07. The zero-order valence-electron chi connectivity index (χ0n) is 8.54. The minimum Gasteiger partial charge on any atom is -0.323 e. The van der Waals surface area contributed by atoms with E-state index in [1.54, 1.807) is 12.4 Å². The Morgan fingerprint density at radius 2 is 1.94 bits per heavy atom. The Balaban J connectivity index is 2.23. The summed E-state index contributed by atoms with van der Waals surface area (Å²) in [5.41, 5.74) is 1.94. The molecule has 3 nitrogen and oxygen atoms in total. The largest absolute Gasteiger partial charge is 0.323 e. The molecular weight excluding hydrogens is 336 g/mol. The van der Waals surface area contributed by atoms with Crippen molar-refractivity contribution in [1.82, 2.24) is 9.97 Å². The number of aromatic nitrogens is 2. The monoisotopic (exact) mass is 345 g/mol. The molecule has 82 valence electrons. The summed E-state index contributed by atoms with van der Waals surface area (Å²) in [6.45, 7) is 2.00. The highest BCUT2D eigenvalue weighted by atomic mass is 127. The molecule has 1 N–H and O–H groups in total. The molecule has 0 saturated carbocycles. The fraction of sp³-hybridized carbons (Fsp3) is 0.0909. The number of hydrogen-bond acceptors (Lipinski definition) is 3. The fourth-order valence-corrected chi connectivity index (χ4v) is 1.78. The van der Waals surface area contributed by atoms with E-state index in [0.717, 1.165) is 14.8 Å². The van der Waals surface area contributed by atoms with Gasteiger partial charge in [0.15, 0.2) is 0 Å². The third-order valence-corrected chi connectivity index (χ3v) is 2.86. The second-order valence-electron chi connectivity index (χ2n) is 3.33. The van der Waals surface area contributed by atoms with Gasteiger partial charge in [0.1, 0.15) is 0 Å². The van der Waals surface area contributed by atoms with Crippen LogP contribution in [0.5, 0.6) is 0 Å². The van der Waals surface area contributed by atoms with Crippen molar-refractivity contribution < 1.29 is 0 Å². The van der Waals surface area contributed by atoms with Crippen LogP contribution in [0.1, 0.15) is 5.56 Å². The molecule has 0 aliphatic heterocycles. The summed E-state index contributed by atoms with van der Waals surface area (Å²) in [5.74, 6) is 0.547. The lowest BCUT2D eigenvalue weighted by atomic mass is 10.2. The third-order valence-electron chi connectivity index (χ3n) is 1.99. The van der Waals surface area contributed by atoms with Crippen molar-refractivity contribution in [2.45, 2.75) is 6.92 Å². The molecule has 0 saturated heterocycles. The molecule has 0 radical (unpaired) electrons. The Labute approximate surface area is 112 Å². The Morgan fingerprint density at radius 3 is 2.56 bits per heavy atom. The quantitative estimate of drug-likeness (QED) is 0.842. The molecule has 0 bridgehead atoms. The molecule has 0 spiro atoms. The number of halogens is 2. The van der Waals surface area contributed by atoms with Crippen LogP contribution in [0.25, 0.3) is 0 Å². The number of hydrogen-bond donors (Lipinski definition) is 1. The molecule has 2 aromatic rings. The second kappa shape index (κ2) is 4.97. The first kappa shape index (κ1) is 11.6. The summed E-state index contributed by atoms with van der Waals surface area (Å²) in [6, 6.07) is 5.80. The number of nitrogens with zero attached hydrogens (tertiary/aromatic N) is 2. The van der Waals surface area contributed by atoms with Gasteiger partial charge >= 0.3 is 0 Å². The van der Waals surface area contributed by atoms with E-state index in [-0.39, 0.29) is 0 Å². The lowest BCUT2D eigenvalue weighted by molar-refractivity contribution is 1.15. The summed E-state index contributed by atoms with van der Waals surface area (Å²) < 4.78 is 0.998.